The van der Waals surface area contributed by atoms with E-state index in [4.69, 9.17) is 5.73 Å². The summed E-state index contributed by atoms with van der Waals surface area (Å²) in [5.41, 5.74) is 5.12. The van der Waals surface area contributed by atoms with Gasteiger partial charge < -0.3 is 10.4 Å². The standard InChI is InChI=1S/C16H16N2O3/c17-16(15(20)21,11-12-7-3-1-4-8-12)18-14(19)13-9-5-2-6-10-13/h1-10H,11,17H2,(H,18,19)(H,20,21). The number of benzene rings is 2. The first-order valence-electron chi connectivity index (χ1n) is 6.45. The van der Waals surface area contributed by atoms with Crippen LogP contribution in [0.25, 0.3) is 0 Å². The monoisotopic (exact) mass is 284 g/mol. The van der Waals surface area contributed by atoms with Crippen LogP contribution in [0.3, 0.4) is 0 Å². The lowest BCUT2D eigenvalue weighted by Crippen LogP contribution is -2.63. The van der Waals surface area contributed by atoms with Gasteiger partial charge in [0.1, 0.15) is 0 Å². The van der Waals surface area contributed by atoms with E-state index in [1.165, 1.54) is 0 Å². The maximum atomic E-state index is 12.1. The number of carboxylic acid groups (broad SMARTS) is 1. The molecule has 4 N–H and O–H groups in total. The van der Waals surface area contributed by atoms with Crippen LogP contribution in [-0.4, -0.2) is 22.6 Å². The Kier molecular flexibility index (Phi) is 4.35. The van der Waals surface area contributed by atoms with Crippen LogP contribution in [0.1, 0.15) is 15.9 Å². The zero-order chi connectivity index (χ0) is 15.3. The molecule has 2 aromatic carbocycles. The molecule has 0 saturated carbocycles. The van der Waals surface area contributed by atoms with Gasteiger partial charge in [0.2, 0.25) is 0 Å². The van der Waals surface area contributed by atoms with Crippen molar-refractivity contribution in [1.29, 1.82) is 0 Å². The molecule has 2 rings (SSSR count). The predicted octanol–water partition coefficient (Wildman–Crippen LogP) is 1.40. The number of amides is 1. The summed E-state index contributed by atoms with van der Waals surface area (Å²) in [7, 11) is 0. The number of carbonyl (C=O) groups excluding carboxylic acids is 1. The molecule has 0 bridgehead atoms. The van der Waals surface area contributed by atoms with Gasteiger partial charge in [-0.15, -0.1) is 0 Å². The number of carbonyl (C=O) groups is 2. The van der Waals surface area contributed by atoms with Crippen LogP contribution >= 0.6 is 0 Å². The van der Waals surface area contributed by atoms with Gasteiger partial charge in [-0.3, -0.25) is 10.5 Å². The van der Waals surface area contributed by atoms with Gasteiger partial charge in [-0.2, -0.15) is 0 Å². The quantitative estimate of drug-likeness (QED) is 0.724. The smallest absolute Gasteiger partial charge is 0.344 e. The molecular weight excluding hydrogens is 268 g/mol. The van der Waals surface area contributed by atoms with Crippen molar-refractivity contribution in [3.63, 3.8) is 0 Å². The van der Waals surface area contributed by atoms with E-state index in [1.807, 2.05) is 6.07 Å². The summed E-state index contributed by atoms with van der Waals surface area (Å²) in [5.74, 6) is -1.80. The molecule has 0 aliphatic rings. The molecule has 0 aliphatic heterocycles. The average molecular weight is 284 g/mol. The topological polar surface area (TPSA) is 92.4 Å². The van der Waals surface area contributed by atoms with Crippen molar-refractivity contribution in [2.75, 3.05) is 0 Å². The minimum Gasteiger partial charge on any atom is -0.478 e. The Morgan fingerprint density at radius 3 is 2.05 bits per heavy atom. The SMILES string of the molecule is NC(Cc1ccccc1)(NC(=O)c1ccccc1)C(=O)O. The van der Waals surface area contributed by atoms with Crippen LogP contribution in [-0.2, 0) is 11.2 Å². The summed E-state index contributed by atoms with van der Waals surface area (Å²) in [6.45, 7) is 0. The summed E-state index contributed by atoms with van der Waals surface area (Å²) in [6.07, 6.45) is 0.00173. The highest BCUT2D eigenvalue weighted by atomic mass is 16.4. The minimum absolute atomic E-state index is 0.00173. The van der Waals surface area contributed by atoms with Crippen molar-refractivity contribution in [2.24, 2.45) is 5.73 Å². The molecule has 0 radical (unpaired) electrons. The number of hydrogen-bond acceptors (Lipinski definition) is 3. The van der Waals surface area contributed by atoms with Crippen molar-refractivity contribution in [1.82, 2.24) is 5.32 Å². The van der Waals surface area contributed by atoms with Gasteiger partial charge in [0.15, 0.2) is 5.66 Å². The fourth-order valence-corrected chi connectivity index (χ4v) is 1.96. The van der Waals surface area contributed by atoms with Crippen LogP contribution in [0.4, 0.5) is 0 Å². The Labute approximate surface area is 122 Å². The number of hydrogen-bond donors (Lipinski definition) is 3. The summed E-state index contributed by atoms with van der Waals surface area (Å²) in [6, 6.07) is 17.3. The van der Waals surface area contributed by atoms with Crippen LogP contribution in [0, 0.1) is 0 Å². The predicted molar refractivity (Wildman–Crippen MR) is 78.6 cm³/mol. The Balaban J connectivity index is 2.19. The fourth-order valence-electron chi connectivity index (χ4n) is 1.96. The molecule has 0 saturated heterocycles. The summed E-state index contributed by atoms with van der Waals surface area (Å²) >= 11 is 0. The van der Waals surface area contributed by atoms with E-state index in [9.17, 15) is 14.7 Å². The summed E-state index contributed by atoms with van der Waals surface area (Å²) in [5, 5.41) is 11.7. The van der Waals surface area contributed by atoms with Gasteiger partial charge in [0.05, 0.1) is 0 Å². The average Bonchev–Trinajstić information content (AvgIpc) is 2.49. The van der Waals surface area contributed by atoms with Crippen LogP contribution in [0.2, 0.25) is 0 Å². The van der Waals surface area contributed by atoms with Crippen molar-refractivity contribution in [3.8, 4) is 0 Å². The van der Waals surface area contributed by atoms with Crippen molar-refractivity contribution in [2.45, 2.75) is 12.1 Å². The highest BCUT2D eigenvalue weighted by molar-refractivity contribution is 5.97. The third-order valence-corrected chi connectivity index (χ3v) is 3.08. The van der Waals surface area contributed by atoms with Crippen molar-refractivity contribution >= 4 is 11.9 Å². The molecule has 2 aromatic rings. The third kappa shape index (κ3) is 3.67. The van der Waals surface area contributed by atoms with E-state index < -0.39 is 17.5 Å². The summed E-state index contributed by atoms with van der Waals surface area (Å²) < 4.78 is 0. The van der Waals surface area contributed by atoms with E-state index in [1.54, 1.807) is 54.6 Å². The molecule has 0 spiro atoms. The van der Waals surface area contributed by atoms with Crippen molar-refractivity contribution in [3.05, 3.63) is 71.8 Å². The van der Waals surface area contributed by atoms with Gasteiger partial charge in [0, 0.05) is 12.0 Å². The second-order valence-electron chi connectivity index (χ2n) is 4.76. The van der Waals surface area contributed by atoms with E-state index in [-0.39, 0.29) is 6.42 Å². The lowest BCUT2D eigenvalue weighted by Gasteiger charge is -2.26. The Morgan fingerprint density at radius 2 is 1.52 bits per heavy atom. The first-order chi connectivity index (χ1) is 10.0. The van der Waals surface area contributed by atoms with Crippen molar-refractivity contribution < 1.29 is 14.7 Å². The van der Waals surface area contributed by atoms with E-state index >= 15 is 0 Å². The molecule has 21 heavy (non-hydrogen) atoms. The molecule has 0 aliphatic carbocycles. The van der Waals surface area contributed by atoms with Gasteiger partial charge in [-0.25, -0.2) is 4.79 Å². The Morgan fingerprint density at radius 1 is 1.00 bits per heavy atom. The van der Waals surface area contributed by atoms with Crippen LogP contribution in [0.5, 0.6) is 0 Å². The molecule has 108 valence electrons. The molecule has 1 amide bonds. The number of rotatable bonds is 5. The van der Waals surface area contributed by atoms with Gasteiger partial charge in [0.25, 0.3) is 5.91 Å². The number of nitrogens with two attached hydrogens (primary N) is 1. The van der Waals surface area contributed by atoms with E-state index in [2.05, 4.69) is 5.32 Å². The number of nitrogens with one attached hydrogen (secondary N) is 1. The first-order valence-corrected chi connectivity index (χ1v) is 6.45. The zero-order valence-corrected chi connectivity index (χ0v) is 11.3. The molecule has 5 nitrogen and oxygen atoms in total. The second-order valence-corrected chi connectivity index (χ2v) is 4.76. The second kappa shape index (κ2) is 6.19. The third-order valence-electron chi connectivity index (χ3n) is 3.08. The lowest BCUT2D eigenvalue weighted by molar-refractivity contribution is -0.144. The van der Waals surface area contributed by atoms with Gasteiger partial charge in [-0.05, 0) is 17.7 Å². The highest BCUT2D eigenvalue weighted by Crippen LogP contribution is 2.10. The van der Waals surface area contributed by atoms with Crippen LogP contribution < -0.4 is 11.1 Å². The zero-order valence-electron chi connectivity index (χ0n) is 11.3. The molecule has 0 fully saturated rings. The van der Waals surface area contributed by atoms with Gasteiger partial charge in [-0.1, -0.05) is 48.5 Å². The van der Waals surface area contributed by atoms with E-state index in [0.29, 0.717) is 5.56 Å². The molecule has 0 aromatic heterocycles. The molecule has 1 unspecified atom stereocenters. The number of carboxylic acids is 1. The minimum atomic E-state index is -1.85. The Bertz CT molecular complexity index is 628. The normalized spacial score (nSPS) is 13.2. The maximum absolute atomic E-state index is 12.1. The van der Waals surface area contributed by atoms with E-state index in [0.717, 1.165) is 5.56 Å². The molecule has 0 heterocycles. The number of aliphatic carboxylic acids is 1. The largest absolute Gasteiger partial charge is 0.478 e. The highest BCUT2D eigenvalue weighted by Gasteiger charge is 2.36. The fraction of sp³-hybridized carbons (Fsp3) is 0.125. The summed E-state index contributed by atoms with van der Waals surface area (Å²) in [4.78, 5) is 23.6. The molecular formula is C16H16N2O3. The first kappa shape index (κ1) is 14.7. The lowest BCUT2D eigenvalue weighted by atomic mass is 10.00. The molecule has 1 atom stereocenters. The van der Waals surface area contributed by atoms with Gasteiger partial charge >= 0.3 is 5.97 Å². The van der Waals surface area contributed by atoms with Crippen LogP contribution in [0.15, 0.2) is 60.7 Å². The Hall–Kier alpha value is -2.66. The molecule has 5 heteroatoms. The maximum Gasteiger partial charge on any atom is 0.344 e.